The summed E-state index contributed by atoms with van der Waals surface area (Å²) in [5, 5.41) is 17.2. The fourth-order valence-electron chi connectivity index (χ4n) is 5.44. The Labute approximate surface area is 374 Å². The van der Waals surface area contributed by atoms with Crippen LogP contribution < -0.4 is 19.3 Å². The van der Waals surface area contributed by atoms with E-state index in [0.29, 0.717) is 65.3 Å². The second-order valence-electron chi connectivity index (χ2n) is 12.3. The van der Waals surface area contributed by atoms with Gasteiger partial charge in [-0.3, -0.25) is 24.5 Å². The summed E-state index contributed by atoms with van der Waals surface area (Å²) < 4.78 is 53.3. The molecule has 0 aliphatic heterocycles. The van der Waals surface area contributed by atoms with Gasteiger partial charge in [0.1, 0.15) is 22.9 Å². The quantitative estimate of drug-likeness (QED) is 0.0297. The van der Waals surface area contributed by atoms with Crippen LogP contribution in [0.1, 0.15) is 44.7 Å². The number of rotatable bonds is 16. The molecule has 0 amide bonds. The van der Waals surface area contributed by atoms with Crippen molar-refractivity contribution in [3.8, 4) is 71.6 Å². The monoisotopic (exact) mass is 971 g/mol. The summed E-state index contributed by atoms with van der Waals surface area (Å²) in [5.41, 5.74) is 2.40. The van der Waals surface area contributed by atoms with E-state index in [1.165, 1.54) is 46.6 Å². The molecule has 7 aromatic rings. The minimum absolute atomic E-state index is 0. The van der Waals surface area contributed by atoms with Crippen molar-refractivity contribution in [2.24, 2.45) is 0 Å². The summed E-state index contributed by atoms with van der Waals surface area (Å²) in [5.74, 6) is 1.19. The number of halogens is 3. The maximum Gasteiger partial charge on any atom is 2.00 e. The standard InChI is InChI=1S/C25H15N3O4S2.C16H19F3N3O.CNS.Ru/c29-14-31-17-6-8-27-20(11-17)22-13-18(32-15-30)12-21(28-22)19-10-16(5-7-26-19)23-3-4-25(34-23)24-2-1-9-33-24;1-2-3-4-5-6-9-23-12-7-8-20-13(10-12)14-11-15(22-21-14)16(17,18)19;2-1-3;/h1-15H;7-8,10-11H,2-6,9H2,1H3;;/q;2*-1;+2. The van der Waals surface area contributed by atoms with E-state index in [2.05, 4.69) is 72.9 Å². The molecular formula is C42H34F3N7O5RuS3. The summed E-state index contributed by atoms with van der Waals surface area (Å²) in [4.78, 5) is 42.7. The number of carbonyl (C=O) groups is 2. The molecule has 7 rings (SSSR count). The summed E-state index contributed by atoms with van der Waals surface area (Å²) in [7, 11) is 0. The number of thiophene rings is 2. The van der Waals surface area contributed by atoms with Crippen molar-refractivity contribution < 1.29 is 56.4 Å². The number of carbonyl (C=O) groups excluding carboxylic acids is 2. The van der Waals surface area contributed by atoms with Gasteiger partial charge in [-0.25, -0.2) is 4.98 Å². The van der Waals surface area contributed by atoms with Gasteiger partial charge in [-0.1, -0.05) is 56.6 Å². The molecule has 7 aromatic heterocycles. The fraction of sp³-hybridized carbons (Fsp3) is 0.190. The predicted molar refractivity (Wildman–Crippen MR) is 227 cm³/mol. The Hall–Kier alpha value is -5.84. The molecule has 0 saturated carbocycles. The number of alkyl halides is 3. The number of pyridine rings is 4. The number of nitrogens with zero attached hydrogens (tertiary/aromatic N) is 7. The predicted octanol–water partition coefficient (Wildman–Crippen LogP) is 10.9. The number of hydrogen-bond donors (Lipinski definition) is 0. The van der Waals surface area contributed by atoms with Gasteiger partial charge in [-0.2, -0.15) is 18.3 Å². The second-order valence-corrected chi connectivity index (χ2v) is 14.5. The normalized spacial score (nSPS) is 10.4. The first-order valence-electron chi connectivity index (χ1n) is 18.1. The molecule has 0 radical (unpaired) electrons. The first-order chi connectivity index (χ1) is 29.1. The number of isothiocyanates is 1. The molecule has 61 heavy (non-hydrogen) atoms. The van der Waals surface area contributed by atoms with Gasteiger partial charge >= 0.3 is 25.7 Å². The van der Waals surface area contributed by atoms with Crippen LogP contribution in [0, 0.1) is 0 Å². The number of hydrogen-bond acceptors (Lipinski definition) is 13. The van der Waals surface area contributed by atoms with E-state index in [0.717, 1.165) is 29.3 Å². The molecule has 0 unspecified atom stereocenters. The van der Waals surface area contributed by atoms with Gasteiger partial charge in [0.2, 0.25) is 0 Å². The molecule has 0 aliphatic carbocycles. The van der Waals surface area contributed by atoms with Crippen LogP contribution in [0.25, 0.3) is 59.8 Å². The van der Waals surface area contributed by atoms with Crippen LogP contribution in [0.4, 0.5) is 13.2 Å². The van der Waals surface area contributed by atoms with Crippen LogP contribution in [0.5, 0.6) is 17.2 Å². The molecule has 0 fully saturated rings. The van der Waals surface area contributed by atoms with Crippen LogP contribution in [-0.4, -0.2) is 49.7 Å². The van der Waals surface area contributed by atoms with Crippen molar-refractivity contribution in [1.29, 1.82) is 0 Å². The Morgan fingerprint density at radius 1 is 0.754 bits per heavy atom. The van der Waals surface area contributed by atoms with E-state index < -0.39 is 11.9 Å². The van der Waals surface area contributed by atoms with E-state index in [1.54, 1.807) is 65.3 Å². The number of ether oxygens (including phenoxy) is 3. The van der Waals surface area contributed by atoms with Crippen LogP contribution >= 0.6 is 34.9 Å². The maximum absolute atomic E-state index is 12.5. The van der Waals surface area contributed by atoms with Crippen molar-refractivity contribution in [3.05, 3.63) is 114 Å². The first kappa shape index (κ1) is 47.8. The average Bonchev–Trinajstić information content (AvgIpc) is 4.07. The Balaban J connectivity index is 0.000000265. The Morgan fingerprint density at radius 3 is 2.02 bits per heavy atom. The summed E-state index contributed by atoms with van der Waals surface area (Å²) in [6.45, 7) is 3.43. The van der Waals surface area contributed by atoms with Gasteiger partial charge in [0, 0.05) is 57.5 Å². The van der Waals surface area contributed by atoms with Gasteiger partial charge in [-0.05, 0) is 65.9 Å². The van der Waals surface area contributed by atoms with Crippen molar-refractivity contribution in [2.45, 2.75) is 45.2 Å². The minimum Gasteiger partial charge on any atom is -0.753 e. The molecule has 12 nitrogen and oxygen atoms in total. The summed E-state index contributed by atoms with van der Waals surface area (Å²) in [6.07, 6.45) is 5.86. The molecule has 0 spiro atoms. The van der Waals surface area contributed by atoms with Gasteiger partial charge in [0.25, 0.3) is 12.9 Å². The van der Waals surface area contributed by atoms with Gasteiger partial charge in [0.15, 0.2) is 0 Å². The minimum atomic E-state index is -4.50. The van der Waals surface area contributed by atoms with Crippen molar-refractivity contribution >= 4 is 53.0 Å². The third kappa shape index (κ3) is 14.4. The zero-order chi connectivity index (χ0) is 42.7. The molecule has 0 aromatic carbocycles. The Morgan fingerprint density at radius 2 is 1.36 bits per heavy atom. The van der Waals surface area contributed by atoms with Crippen LogP contribution in [0.15, 0.2) is 103 Å². The van der Waals surface area contributed by atoms with E-state index in [1.807, 2.05) is 18.2 Å². The molecule has 19 heteroatoms. The second kappa shape index (κ2) is 24.4. The maximum atomic E-state index is 12.5. The first-order valence-corrected chi connectivity index (χ1v) is 20.2. The van der Waals surface area contributed by atoms with E-state index in [4.69, 9.17) is 19.6 Å². The number of unbranched alkanes of at least 4 members (excludes halogenated alkanes) is 4. The molecule has 0 saturated heterocycles. The van der Waals surface area contributed by atoms with Gasteiger partial charge in [-0.15, -0.1) is 22.7 Å². The Bertz CT molecular complexity index is 2490. The third-order valence-corrected chi connectivity index (χ3v) is 10.4. The molecule has 0 N–H and O–H groups in total. The van der Waals surface area contributed by atoms with E-state index in [-0.39, 0.29) is 25.2 Å². The molecule has 0 atom stereocenters. The molecule has 0 aliphatic rings. The summed E-state index contributed by atoms with van der Waals surface area (Å²) in [6, 6.07) is 22.7. The fourth-order valence-corrected chi connectivity index (χ4v) is 7.27. The van der Waals surface area contributed by atoms with E-state index >= 15 is 0 Å². The molecular weight excluding hydrogens is 937 g/mol. The van der Waals surface area contributed by atoms with Gasteiger partial charge < -0.3 is 29.8 Å². The number of thiocarbonyl (C=S) groups is 1. The van der Waals surface area contributed by atoms with Crippen LogP contribution in [0.2, 0.25) is 0 Å². The zero-order valence-electron chi connectivity index (χ0n) is 32.1. The topological polar surface area (TPSA) is 163 Å². The molecule has 314 valence electrons. The van der Waals surface area contributed by atoms with E-state index in [9.17, 15) is 22.8 Å². The summed E-state index contributed by atoms with van der Waals surface area (Å²) >= 11 is 7.11. The Kier molecular flexibility index (Phi) is 19.2. The molecule has 0 bridgehead atoms. The van der Waals surface area contributed by atoms with Crippen molar-refractivity contribution in [1.82, 2.24) is 30.1 Å². The molecule has 7 heterocycles. The average molecular weight is 971 g/mol. The van der Waals surface area contributed by atoms with Crippen LogP contribution in [-0.2, 0) is 35.2 Å². The third-order valence-electron chi connectivity index (χ3n) is 8.18. The van der Waals surface area contributed by atoms with Crippen LogP contribution in [0.3, 0.4) is 0 Å². The van der Waals surface area contributed by atoms with Gasteiger partial charge in [0.05, 0.1) is 35.1 Å². The number of aromatic nitrogens is 6. The van der Waals surface area contributed by atoms with Crippen molar-refractivity contribution in [2.75, 3.05) is 6.61 Å². The largest absolute Gasteiger partial charge is 2.00 e. The zero-order valence-corrected chi connectivity index (χ0v) is 36.3. The van der Waals surface area contributed by atoms with Crippen molar-refractivity contribution in [3.63, 3.8) is 0 Å². The SMILES string of the molecule is CCCCCCCOc1ccnc(-c2cc(C(F)(F)F)n[n-]2)c1.O=COc1ccnc(-c2cc(OC=O)cc(-c3cc(-c4ccc(-c5cccs5)s4)ccn3)n2)c1.[N-]=C=S.[Ru+2]. The smallest absolute Gasteiger partial charge is 0.753 e.